The third kappa shape index (κ3) is 7.01. The third-order valence-electron chi connectivity index (χ3n) is 2.77. The molecule has 0 aliphatic rings. The summed E-state index contributed by atoms with van der Waals surface area (Å²) in [5, 5.41) is 3.24. The van der Waals surface area contributed by atoms with Crippen molar-refractivity contribution in [3.63, 3.8) is 0 Å². The molecule has 1 aromatic rings. The van der Waals surface area contributed by atoms with Crippen LogP contribution in [0.1, 0.15) is 20.3 Å². The summed E-state index contributed by atoms with van der Waals surface area (Å²) in [4.78, 5) is 10.1. The number of likely N-dealkylation sites (N-methyl/N-ethyl adjacent to an activating group) is 1. The second-order valence-electron chi connectivity index (χ2n) is 4.27. The molecule has 20 heavy (non-hydrogen) atoms. The Morgan fingerprint density at radius 1 is 1.25 bits per heavy atom. The van der Waals surface area contributed by atoms with Crippen LogP contribution in [0.2, 0.25) is 0 Å². The van der Waals surface area contributed by atoms with Crippen LogP contribution in [0.4, 0.5) is 0 Å². The van der Waals surface area contributed by atoms with E-state index in [4.69, 9.17) is 4.52 Å². The highest BCUT2D eigenvalue weighted by Crippen LogP contribution is 2.37. The van der Waals surface area contributed by atoms with Crippen LogP contribution >= 0.6 is 8.53 Å². The van der Waals surface area contributed by atoms with Crippen molar-refractivity contribution in [1.29, 1.82) is 0 Å². The Morgan fingerprint density at radius 2 is 2.00 bits per heavy atom. The summed E-state index contributed by atoms with van der Waals surface area (Å²) in [6, 6.07) is 9.45. The van der Waals surface area contributed by atoms with Gasteiger partial charge in [0.15, 0.2) is 0 Å². The maximum absolute atomic E-state index is 10.1. The second-order valence-corrected chi connectivity index (χ2v) is 5.52. The summed E-state index contributed by atoms with van der Waals surface area (Å²) in [6.07, 6.45) is 5.17. The Morgan fingerprint density at radius 3 is 2.65 bits per heavy atom. The third-order valence-corrected chi connectivity index (χ3v) is 4.11. The molecule has 0 heterocycles. The summed E-state index contributed by atoms with van der Waals surface area (Å²) >= 11 is 0. The van der Waals surface area contributed by atoms with Gasteiger partial charge in [0.25, 0.3) is 0 Å². The van der Waals surface area contributed by atoms with Gasteiger partial charge >= 0.3 is 8.53 Å². The Labute approximate surface area is 123 Å². The molecule has 0 aromatic heterocycles. The van der Waals surface area contributed by atoms with Gasteiger partial charge < -0.3 is 14.7 Å². The highest BCUT2D eigenvalue weighted by molar-refractivity contribution is 7.43. The number of nitrogens with one attached hydrogen (secondary N) is 1. The maximum Gasteiger partial charge on any atom is 0.318 e. The normalized spacial score (nSPS) is 13.0. The van der Waals surface area contributed by atoms with E-state index in [1.807, 2.05) is 41.9 Å². The molecule has 0 aliphatic heterocycles. The number of para-hydroxylation sites is 1. The van der Waals surface area contributed by atoms with E-state index in [1.54, 1.807) is 0 Å². The molecule has 5 heteroatoms. The zero-order valence-electron chi connectivity index (χ0n) is 12.3. The van der Waals surface area contributed by atoms with Crippen LogP contribution in [-0.4, -0.2) is 35.7 Å². The molecule has 1 aromatic carbocycles. The van der Waals surface area contributed by atoms with Gasteiger partial charge in [0.05, 0.1) is 0 Å². The van der Waals surface area contributed by atoms with Crippen LogP contribution in [-0.2, 0) is 0 Å². The zero-order chi connectivity index (χ0) is 14.6. The molecule has 1 unspecified atom stereocenters. The molecule has 1 rings (SSSR count). The van der Waals surface area contributed by atoms with Crippen molar-refractivity contribution in [3.8, 4) is 5.75 Å². The lowest BCUT2D eigenvalue weighted by atomic mass is 10.3. The first-order valence-corrected chi connectivity index (χ1v) is 8.27. The van der Waals surface area contributed by atoms with Gasteiger partial charge in [-0.15, -0.1) is 0 Å². The number of hydrogen-bond donors (Lipinski definition) is 2. The molecule has 0 spiro atoms. The fourth-order valence-corrected chi connectivity index (χ4v) is 2.60. The molecule has 4 nitrogen and oxygen atoms in total. The first-order chi connectivity index (χ1) is 9.77. The highest BCUT2D eigenvalue weighted by atomic mass is 31.2. The first kappa shape index (κ1) is 17.1. The van der Waals surface area contributed by atoms with Crippen molar-refractivity contribution < 1.29 is 9.42 Å². The van der Waals surface area contributed by atoms with E-state index in [1.165, 1.54) is 0 Å². The van der Waals surface area contributed by atoms with Crippen LogP contribution in [0.5, 0.6) is 5.75 Å². The van der Waals surface area contributed by atoms with Gasteiger partial charge in [0, 0.05) is 19.6 Å². The monoisotopic (exact) mass is 296 g/mol. The average Bonchev–Trinajstić information content (AvgIpc) is 2.47. The molecule has 0 radical (unpaired) electrons. The molecule has 0 aliphatic carbocycles. The van der Waals surface area contributed by atoms with E-state index in [0.717, 1.165) is 32.6 Å². The minimum atomic E-state index is -1.56. The van der Waals surface area contributed by atoms with Crippen molar-refractivity contribution in [2.45, 2.75) is 20.3 Å². The Balaban J connectivity index is 2.32. The summed E-state index contributed by atoms with van der Waals surface area (Å²) in [7, 11) is -1.56. The van der Waals surface area contributed by atoms with Crippen LogP contribution in [0.25, 0.3) is 0 Å². The maximum atomic E-state index is 10.1. The Hall–Kier alpha value is -0.930. The lowest BCUT2D eigenvalue weighted by Crippen LogP contribution is -2.20. The lowest BCUT2D eigenvalue weighted by molar-refractivity contribution is 0.359. The quantitative estimate of drug-likeness (QED) is 0.395. The second kappa shape index (κ2) is 10.8. The first-order valence-electron chi connectivity index (χ1n) is 7.10. The fourth-order valence-electron chi connectivity index (χ4n) is 1.65. The van der Waals surface area contributed by atoms with Crippen molar-refractivity contribution in [3.05, 3.63) is 42.5 Å². The summed E-state index contributed by atoms with van der Waals surface area (Å²) in [5.74, 6) is 0.710. The van der Waals surface area contributed by atoms with E-state index in [-0.39, 0.29) is 0 Å². The smallest absolute Gasteiger partial charge is 0.318 e. The number of nitrogens with zero attached hydrogens (tertiary/aromatic N) is 1. The standard InChI is InChI=1S/C15H25N2O2P/c1-3-16-13-9-6-10-14-17(4-2)20(18)19-15-11-7-5-8-12-15/h5-9,11-12,16,18H,3-4,10,13-14H2,1-2H3/b9-6-. The minimum Gasteiger partial charge on any atom is -0.436 e. The van der Waals surface area contributed by atoms with Gasteiger partial charge in [-0.25, -0.2) is 4.67 Å². The van der Waals surface area contributed by atoms with Crippen LogP contribution in [0.3, 0.4) is 0 Å². The predicted octanol–water partition coefficient (Wildman–Crippen LogP) is 3.16. The van der Waals surface area contributed by atoms with Crippen LogP contribution in [0, 0.1) is 0 Å². The predicted molar refractivity (Wildman–Crippen MR) is 85.8 cm³/mol. The topological polar surface area (TPSA) is 44.7 Å². The molecule has 0 amide bonds. The summed E-state index contributed by atoms with van der Waals surface area (Å²) < 4.78 is 7.53. The van der Waals surface area contributed by atoms with Crippen molar-refractivity contribution in [2.24, 2.45) is 0 Å². The van der Waals surface area contributed by atoms with Gasteiger partial charge in [-0.05, 0) is 25.1 Å². The van der Waals surface area contributed by atoms with Gasteiger partial charge in [-0.1, -0.05) is 44.2 Å². The molecular formula is C15H25N2O2P. The van der Waals surface area contributed by atoms with Crippen molar-refractivity contribution in [1.82, 2.24) is 9.99 Å². The summed E-state index contributed by atoms with van der Waals surface area (Å²) in [5.41, 5.74) is 0. The minimum absolute atomic E-state index is 0.710. The van der Waals surface area contributed by atoms with Crippen LogP contribution < -0.4 is 9.84 Å². The van der Waals surface area contributed by atoms with E-state index >= 15 is 0 Å². The van der Waals surface area contributed by atoms with Gasteiger partial charge in [-0.3, -0.25) is 0 Å². The molecule has 2 N–H and O–H groups in total. The average molecular weight is 296 g/mol. The molecule has 0 fully saturated rings. The number of benzene rings is 1. The van der Waals surface area contributed by atoms with E-state index in [2.05, 4.69) is 24.4 Å². The van der Waals surface area contributed by atoms with E-state index in [9.17, 15) is 4.89 Å². The molecular weight excluding hydrogens is 271 g/mol. The van der Waals surface area contributed by atoms with Gasteiger partial charge in [-0.2, -0.15) is 0 Å². The van der Waals surface area contributed by atoms with E-state index in [0.29, 0.717) is 5.75 Å². The van der Waals surface area contributed by atoms with Crippen LogP contribution in [0.15, 0.2) is 42.5 Å². The fraction of sp³-hybridized carbons (Fsp3) is 0.467. The van der Waals surface area contributed by atoms with E-state index < -0.39 is 8.53 Å². The Bertz CT molecular complexity index is 373. The van der Waals surface area contributed by atoms with Gasteiger partial charge in [0.1, 0.15) is 5.75 Å². The number of hydrogen-bond acceptors (Lipinski definition) is 4. The molecule has 0 bridgehead atoms. The lowest BCUT2D eigenvalue weighted by Gasteiger charge is -2.24. The summed E-state index contributed by atoms with van der Waals surface area (Å²) in [6.45, 7) is 7.58. The zero-order valence-corrected chi connectivity index (χ0v) is 13.2. The molecule has 0 saturated carbocycles. The number of rotatable bonds is 10. The molecule has 112 valence electrons. The van der Waals surface area contributed by atoms with Crippen molar-refractivity contribution >= 4 is 8.53 Å². The highest BCUT2D eigenvalue weighted by Gasteiger charge is 2.16. The van der Waals surface area contributed by atoms with Gasteiger partial charge in [0.2, 0.25) is 0 Å². The SMILES string of the molecule is CCNC/C=C\CCN(CC)P(O)Oc1ccccc1. The Kier molecular flexibility index (Phi) is 9.25. The van der Waals surface area contributed by atoms with Crippen molar-refractivity contribution in [2.75, 3.05) is 26.2 Å². The molecule has 1 atom stereocenters. The largest absolute Gasteiger partial charge is 0.436 e. The molecule has 0 saturated heterocycles.